The molecule has 0 saturated heterocycles. The van der Waals surface area contributed by atoms with Gasteiger partial charge in [-0.15, -0.1) is 11.3 Å². The first-order chi connectivity index (χ1) is 13.1. The topological polar surface area (TPSA) is 49.4 Å². The summed E-state index contributed by atoms with van der Waals surface area (Å²) >= 11 is 1.50. The summed E-state index contributed by atoms with van der Waals surface area (Å²) in [4.78, 5) is 28.3. The van der Waals surface area contributed by atoms with Crippen LogP contribution in [0.25, 0.3) is 0 Å². The fourth-order valence-electron chi connectivity index (χ4n) is 3.64. The second-order valence-corrected chi connectivity index (χ2v) is 9.78. The van der Waals surface area contributed by atoms with Crippen molar-refractivity contribution in [2.24, 2.45) is 11.3 Å². The van der Waals surface area contributed by atoms with E-state index in [1.165, 1.54) is 40.5 Å². The number of hydrogen-bond acceptors (Lipinski definition) is 3. The molecule has 1 aliphatic rings. The van der Waals surface area contributed by atoms with Crippen molar-refractivity contribution < 1.29 is 14.0 Å². The molecule has 0 radical (unpaired) electrons. The fraction of sp³-hybridized carbons (Fsp3) is 0.455. The zero-order valence-corrected chi connectivity index (χ0v) is 17.9. The van der Waals surface area contributed by atoms with Crippen LogP contribution >= 0.6 is 11.3 Å². The van der Waals surface area contributed by atoms with Gasteiger partial charge in [-0.1, -0.05) is 20.8 Å². The molecule has 0 aliphatic heterocycles. The molecule has 1 N–H and O–H groups in total. The maximum absolute atomic E-state index is 13.1. The molecule has 1 aliphatic carbocycles. The minimum absolute atomic E-state index is 0.0962. The Kier molecular flexibility index (Phi) is 5.62. The highest BCUT2D eigenvalue weighted by Crippen LogP contribution is 2.44. The maximum Gasteiger partial charge on any atom is 0.256 e. The maximum atomic E-state index is 13.1. The van der Waals surface area contributed by atoms with E-state index >= 15 is 0 Å². The SMILES string of the molecule is CN(C)C(=O)c1c(NC(=O)c2ccc(F)cc2)sc2c1CCC(C(C)(C)C)C2. The van der Waals surface area contributed by atoms with Gasteiger partial charge < -0.3 is 10.2 Å². The number of carbonyl (C=O) groups is 2. The van der Waals surface area contributed by atoms with E-state index in [0.29, 0.717) is 22.0 Å². The Bertz CT molecular complexity index is 894. The summed E-state index contributed by atoms with van der Waals surface area (Å²) in [6, 6.07) is 5.41. The van der Waals surface area contributed by atoms with Crippen molar-refractivity contribution in [3.8, 4) is 0 Å². The Morgan fingerprint density at radius 3 is 2.39 bits per heavy atom. The minimum atomic E-state index is -0.389. The van der Waals surface area contributed by atoms with E-state index in [9.17, 15) is 14.0 Å². The molecule has 28 heavy (non-hydrogen) atoms. The van der Waals surface area contributed by atoms with E-state index in [4.69, 9.17) is 0 Å². The van der Waals surface area contributed by atoms with E-state index in [-0.39, 0.29) is 23.0 Å². The molecule has 6 heteroatoms. The van der Waals surface area contributed by atoms with Crippen molar-refractivity contribution in [1.29, 1.82) is 0 Å². The summed E-state index contributed by atoms with van der Waals surface area (Å²) in [5.41, 5.74) is 2.24. The Labute approximate surface area is 169 Å². The standard InChI is InChI=1S/C22H27FN2O2S/c1-22(2,3)14-8-11-16-17(12-14)28-20(18(16)21(27)25(4)5)24-19(26)13-6-9-15(23)10-7-13/h6-7,9-10,14H,8,11-12H2,1-5H3,(H,24,26). The third-order valence-electron chi connectivity index (χ3n) is 5.44. The molecule has 0 bridgehead atoms. The predicted octanol–water partition coefficient (Wildman–Crippen LogP) is 4.99. The highest BCUT2D eigenvalue weighted by molar-refractivity contribution is 7.17. The average Bonchev–Trinajstić information content (AvgIpc) is 2.97. The number of carbonyl (C=O) groups excluding carboxylic acids is 2. The van der Waals surface area contributed by atoms with Gasteiger partial charge in [-0.2, -0.15) is 0 Å². The first-order valence-corrected chi connectivity index (χ1v) is 10.3. The van der Waals surface area contributed by atoms with Gasteiger partial charge >= 0.3 is 0 Å². The zero-order valence-electron chi connectivity index (χ0n) is 17.1. The molecule has 1 aromatic carbocycles. The van der Waals surface area contributed by atoms with E-state index in [1.807, 2.05) is 0 Å². The van der Waals surface area contributed by atoms with Crippen LogP contribution in [-0.2, 0) is 12.8 Å². The van der Waals surface area contributed by atoms with E-state index in [2.05, 4.69) is 26.1 Å². The number of rotatable bonds is 3. The summed E-state index contributed by atoms with van der Waals surface area (Å²) in [6.45, 7) is 6.75. The number of fused-ring (bicyclic) bond motifs is 1. The van der Waals surface area contributed by atoms with Crippen LogP contribution in [0.15, 0.2) is 24.3 Å². The van der Waals surface area contributed by atoms with Crippen LogP contribution in [0, 0.1) is 17.2 Å². The van der Waals surface area contributed by atoms with Gasteiger partial charge in [0, 0.05) is 24.5 Å². The Morgan fingerprint density at radius 2 is 1.82 bits per heavy atom. The summed E-state index contributed by atoms with van der Waals surface area (Å²) in [5, 5.41) is 3.49. The molecule has 0 fully saturated rings. The summed E-state index contributed by atoms with van der Waals surface area (Å²) in [5.74, 6) is -0.277. The first-order valence-electron chi connectivity index (χ1n) is 9.51. The van der Waals surface area contributed by atoms with Crippen LogP contribution in [0.5, 0.6) is 0 Å². The number of hydrogen-bond donors (Lipinski definition) is 1. The minimum Gasteiger partial charge on any atom is -0.345 e. The van der Waals surface area contributed by atoms with Crippen LogP contribution < -0.4 is 5.32 Å². The molecule has 2 amide bonds. The Morgan fingerprint density at radius 1 is 1.18 bits per heavy atom. The number of benzene rings is 1. The zero-order chi connectivity index (χ0) is 20.6. The molecule has 2 aromatic rings. The van der Waals surface area contributed by atoms with E-state index < -0.39 is 0 Å². The van der Waals surface area contributed by atoms with Crippen LogP contribution in [-0.4, -0.2) is 30.8 Å². The lowest BCUT2D eigenvalue weighted by Crippen LogP contribution is -2.28. The highest BCUT2D eigenvalue weighted by atomic mass is 32.1. The van der Waals surface area contributed by atoms with Gasteiger partial charge in [0.2, 0.25) is 0 Å². The Hall–Kier alpha value is -2.21. The van der Waals surface area contributed by atoms with Gasteiger partial charge in [0.15, 0.2) is 0 Å². The molecule has 1 aromatic heterocycles. The summed E-state index contributed by atoms with van der Waals surface area (Å²) in [7, 11) is 3.44. The third kappa shape index (κ3) is 4.12. The second-order valence-electron chi connectivity index (χ2n) is 8.67. The third-order valence-corrected chi connectivity index (χ3v) is 6.61. The van der Waals surface area contributed by atoms with Crippen LogP contribution in [0.3, 0.4) is 0 Å². The number of thiophene rings is 1. The van der Waals surface area contributed by atoms with Gasteiger partial charge in [0.25, 0.3) is 11.8 Å². The number of nitrogens with one attached hydrogen (secondary N) is 1. The van der Waals surface area contributed by atoms with Crippen LogP contribution in [0.4, 0.5) is 9.39 Å². The van der Waals surface area contributed by atoms with Crippen molar-refractivity contribution in [3.63, 3.8) is 0 Å². The molecule has 150 valence electrons. The summed E-state index contributed by atoms with van der Waals surface area (Å²) < 4.78 is 13.1. The summed E-state index contributed by atoms with van der Waals surface area (Å²) in [6.07, 6.45) is 2.80. The second kappa shape index (κ2) is 7.66. The monoisotopic (exact) mass is 402 g/mol. The predicted molar refractivity (Wildman–Crippen MR) is 112 cm³/mol. The van der Waals surface area contributed by atoms with E-state index in [0.717, 1.165) is 24.8 Å². The fourth-order valence-corrected chi connectivity index (χ4v) is 4.95. The van der Waals surface area contributed by atoms with Crippen LogP contribution in [0.1, 0.15) is 58.3 Å². The quantitative estimate of drug-likeness (QED) is 0.786. The molecule has 1 heterocycles. The van der Waals surface area contributed by atoms with Gasteiger partial charge in [-0.05, 0) is 60.4 Å². The first kappa shape index (κ1) is 20.5. The molecular weight excluding hydrogens is 375 g/mol. The number of nitrogens with zero attached hydrogens (tertiary/aromatic N) is 1. The molecule has 4 nitrogen and oxygen atoms in total. The average molecular weight is 403 g/mol. The van der Waals surface area contributed by atoms with Gasteiger partial charge in [-0.3, -0.25) is 9.59 Å². The van der Waals surface area contributed by atoms with Crippen molar-refractivity contribution in [2.45, 2.75) is 40.0 Å². The number of amides is 2. The Balaban J connectivity index is 1.96. The van der Waals surface area contributed by atoms with Gasteiger partial charge in [0.05, 0.1) is 5.56 Å². The van der Waals surface area contributed by atoms with Crippen molar-refractivity contribution in [3.05, 3.63) is 51.7 Å². The van der Waals surface area contributed by atoms with Crippen molar-refractivity contribution in [1.82, 2.24) is 4.90 Å². The molecule has 0 spiro atoms. The number of halogens is 1. The smallest absolute Gasteiger partial charge is 0.256 e. The van der Waals surface area contributed by atoms with Crippen molar-refractivity contribution >= 4 is 28.2 Å². The van der Waals surface area contributed by atoms with E-state index in [1.54, 1.807) is 19.0 Å². The lowest BCUT2D eigenvalue weighted by Gasteiger charge is -2.34. The molecule has 1 atom stereocenters. The van der Waals surface area contributed by atoms with Gasteiger partial charge in [0.1, 0.15) is 10.8 Å². The van der Waals surface area contributed by atoms with Gasteiger partial charge in [-0.25, -0.2) is 4.39 Å². The van der Waals surface area contributed by atoms with Crippen molar-refractivity contribution in [2.75, 3.05) is 19.4 Å². The lowest BCUT2D eigenvalue weighted by atomic mass is 9.72. The highest BCUT2D eigenvalue weighted by Gasteiger charge is 2.34. The van der Waals surface area contributed by atoms with Crippen LogP contribution in [0.2, 0.25) is 0 Å². The normalized spacial score (nSPS) is 16.4. The molecule has 0 saturated carbocycles. The lowest BCUT2D eigenvalue weighted by molar-refractivity contribution is 0.0827. The molecular formula is C22H27FN2O2S. The molecule has 1 unspecified atom stereocenters. The number of anilines is 1. The molecule has 3 rings (SSSR count). The largest absolute Gasteiger partial charge is 0.345 e.